The number of halogens is 1. The van der Waals surface area contributed by atoms with Crippen molar-refractivity contribution in [1.82, 2.24) is 15.0 Å². The number of nitrogens with zero attached hydrogens (tertiary/aromatic N) is 3. The van der Waals surface area contributed by atoms with Crippen LogP contribution >= 0.6 is 0 Å². The van der Waals surface area contributed by atoms with E-state index >= 15 is 0 Å². The van der Waals surface area contributed by atoms with E-state index in [1.165, 1.54) is 36.9 Å². The number of rotatable bonds is 3. The van der Waals surface area contributed by atoms with Crippen LogP contribution in [0.5, 0.6) is 0 Å². The van der Waals surface area contributed by atoms with Crippen LogP contribution in [0.15, 0.2) is 30.5 Å². The zero-order chi connectivity index (χ0) is 13.3. The Balaban J connectivity index is 2.40. The van der Waals surface area contributed by atoms with Crippen molar-refractivity contribution >= 4 is 5.97 Å². The molecule has 18 heavy (non-hydrogen) atoms. The number of carboxylic acid groups (broad SMARTS) is 1. The van der Waals surface area contributed by atoms with E-state index in [4.69, 9.17) is 5.11 Å². The minimum absolute atomic E-state index is 0.319. The minimum Gasteiger partial charge on any atom is -0.481 e. The Morgan fingerprint density at radius 3 is 2.78 bits per heavy atom. The van der Waals surface area contributed by atoms with E-state index in [2.05, 4.69) is 10.3 Å². The van der Waals surface area contributed by atoms with Crippen molar-refractivity contribution in [2.45, 2.75) is 19.3 Å². The van der Waals surface area contributed by atoms with E-state index in [1.807, 2.05) is 0 Å². The summed E-state index contributed by atoms with van der Waals surface area (Å²) in [6.07, 6.45) is 1.49. The standard InChI is InChI=1S/C12H12FN3O2/c1-12(2,11(17)18)10-7-16(15-14-10)9-5-3-4-8(13)6-9/h3-7H,1-2H3,(H,17,18). The maximum atomic E-state index is 13.1. The summed E-state index contributed by atoms with van der Waals surface area (Å²) in [5.74, 6) is -1.38. The molecule has 6 heteroatoms. The Morgan fingerprint density at radius 1 is 1.44 bits per heavy atom. The average Bonchev–Trinajstić information content (AvgIpc) is 2.78. The third kappa shape index (κ3) is 2.09. The Hall–Kier alpha value is -2.24. The molecule has 1 heterocycles. The van der Waals surface area contributed by atoms with Crippen molar-refractivity contribution < 1.29 is 14.3 Å². The first-order valence-electron chi connectivity index (χ1n) is 5.33. The molecule has 2 aromatic rings. The zero-order valence-corrected chi connectivity index (χ0v) is 9.96. The highest BCUT2D eigenvalue weighted by Crippen LogP contribution is 2.21. The van der Waals surface area contributed by atoms with Crippen LogP contribution < -0.4 is 0 Å². The largest absolute Gasteiger partial charge is 0.481 e. The molecule has 0 aliphatic rings. The Bertz CT molecular complexity index is 593. The van der Waals surface area contributed by atoms with Crippen LogP contribution in [-0.4, -0.2) is 26.1 Å². The summed E-state index contributed by atoms with van der Waals surface area (Å²) in [6, 6.07) is 5.83. The van der Waals surface area contributed by atoms with Gasteiger partial charge in [-0.3, -0.25) is 4.79 Å². The molecule has 0 bridgehead atoms. The summed E-state index contributed by atoms with van der Waals surface area (Å²) in [4.78, 5) is 11.1. The van der Waals surface area contributed by atoms with Crippen LogP contribution in [0.3, 0.4) is 0 Å². The Morgan fingerprint density at radius 2 is 2.17 bits per heavy atom. The first-order valence-corrected chi connectivity index (χ1v) is 5.33. The van der Waals surface area contributed by atoms with E-state index in [0.29, 0.717) is 11.4 Å². The molecule has 0 aliphatic heterocycles. The SMILES string of the molecule is CC(C)(C(=O)O)c1cn(-c2cccc(F)c2)nn1. The molecular formula is C12H12FN3O2. The summed E-state index contributed by atoms with van der Waals surface area (Å²) >= 11 is 0. The van der Waals surface area contributed by atoms with Gasteiger partial charge in [-0.05, 0) is 32.0 Å². The fourth-order valence-electron chi connectivity index (χ4n) is 1.40. The van der Waals surface area contributed by atoms with Gasteiger partial charge in [0.1, 0.15) is 11.2 Å². The molecule has 0 amide bonds. The molecule has 0 spiro atoms. The fourth-order valence-corrected chi connectivity index (χ4v) is 1.40. The molecule has 0 aliphatic carbocycles. The van der Waals surface area contributed by atoms with Crippen molar-refractivity contribution in [3.05, 3.63) is 42.0 Å². The maximum Gasteiger partial charge on any atom is 0.315 e. The van der Waals surface area contributed by atoms with Gasteiger partial charge in [0, 0.05) is 0 Å². The molecule has 0 unspecified atom stereocenters. The van der Waals surface area contributed by atoms with Gasteiger partial charge in [-0.15, -0.1) is 5.10 Å². The fraction of sp³-hybridized carbons (Fsp3) is 0.250. The van der Waals surface area contributed by atoms with E-state index in [9.17, 15) is 9.18 Å². The van der Waals surface area contributed by atoms with Gasteiger partial charge < -0.3 is 5.11 Å². The lowest BCUT2D eigenvalue weighted by Crippen LogP contribution is -2.28. The van der Waals surface area contributed by atoms with Crippen LogP contribution in [-0.2, 0) is 10.2 Å². The quantitative estimate of drug-likeness (QED) is 0.900. The second-order valence-electron chi connectivity index (χ2n) is 4.46. The number of aliphatic carboxylic acids is 1. The number of aromatic nitrogens is 3. The minimum atomic E-state index is -1.13. The van der Waals surface area contributed by atoms with Crippen molar-refractivity contribution in [2.24, 2.45) is 0 Å². The van der Waals surface area contributed by atoms with Gasteiger partial charge in [0.15, 0.2) is 0 Å². The maximum absolute atomic E-state index is 13.1. The van der Waals surface area contributed by atoms with Gasteiger partial charge in [0.05, 0.1) is 17.6 Å². The number of hydrogen-bond acceptors (Lipinski definition) is 3. The summed E-state index contributed by atoms with van der Waals surface area (Å²) in [6.45, 7) is 3.07. The smallest absolute Gasteiger partial charge is 0.315 e. The monoisotopic (exact) mass is 249 g/mol. The number of benzene rings is 1. The molecule has 1 aromatic carbocycles. The molecule has 0 atom stereocenters. The van der Waals surface area contributed by atoms with Gasteiger partial charge in [-0.25, -0.2) is 9.07 Å². The highest BCUT2D eigenvalue weighted by atomic mass is 19.1. The van der Waals surface area contributed by atoms with Crippen LogP contribution in [0, 0.1) is 5.82 Å². The van der Waals surface area contributed by atoms with Crippen LogP contribution in [0.4, 0.5) is 4.39 Å². The number of hydrogen-bond donors (Lipinski definition) is 1. The first kappa shape index (κ1) is 12.2. The predicted octanol–water partition coefficient (Wildman–Crippen LogP) is 1.77. The molecule has 94 valence electrons. The lowest BCUT2D eigenvalue weighted by molar-refractivity contribution is -0.142. The van der Waals surface area contributed by atoms with Crippen LogP contribution in [0.2, 0.25) is 0 Å². The van der Waals surface area contributed by atoms with Gasteiger partial charge in [0.2, 0.25) is 0 Å². The highest BCUT2D eigenvalue weighted by Gasteiger charge is 2.32. The molecule has 0 saturated carbocycles. The van der Waals surface area contributed by atoms with E-state index in [-0.39, 0.29) is 5.82 Å². The molecule has 0 fully saturated rings. The van der Waals surface area contributed by atoms with Crippen LogP contribution in [0.1, 0.15) is 19.5 Å². The van der Waals surface area contributed by atoms with E-state index in [0.717, 1.165) is 0 Å². The molecule has 5 nitrogen and oxygen atoms in total. The van der Waals surface area contributed by atoms with E-state index < -0.39 is 11.4 Å². The van der Waals surface area contributed by atoms with Crippen molar-refractivity contribution in [3.63, 3.8) is 0 Å². The molecule has 1 N–H and O–H groups in total. The topological polar surface area (TPSA) is 68.0 Å². The van der Waals surface area contributed by atoms with Crippen LogP contribution in [0.25, 0.3) is 5.69 Å². The van der Waals surface area contributed by atoms with Gasteiger partial charge >= 0.3 is 5.97 Å². The number of carbonyl (C=O) groups is 1. The van der Waals surface area contributed by atoms with Gasteiger partial charge in [-0.1, -0.05) is 11.3 Å². The Labute approximate surface area is 103 Å². The molecular weight excluding hydrogens is 237 g/mol. The zero-order valence-electron chi connectivity index (χ0n) is 9.96. The van der Waals surface area contributed by atoms with Crippen molar-refractivity contribution in [3.8, 4) is 5.69 Å². The average molecular weight is 249 g/mol. The molecule has 0 radical (unpaired) electrons. The lowest BCUT2D eigenvalue weighted by atomic mass is 9.90. The summed E-state index contributed by atoms with van der Waals surface area (Å²) in [5, 5.41) is 16.7. The third-order valence-corrected chi connectivity index (χ3v) is 2.74. The summed E-state index contributed by atoms with van der Waals surface area (Å²) in [5.41, 5.74) is -0.319. The third-order valence-electron chi connectivity index (χ3n) is 2.74. The second kappa shape index (κ2) is 4.21. The Kier molecular flexibility index (Phi) is 2.86. The molecule has 1 aromatic heterocycles. The predicted molar refractivity (Wildman–Crippen MR) is 62.0 cm³/mol. The van der Waals surface area contributed by atoms with Gasteiger partial charge in [-0.2, -0.15) is 0 Å². The molecule has 0 saturated heterocycles. The highest BCUT2D eigenvalue weighted by molar-refractivity contribution is 5.79. The molecule has 2 rings (SSSR count). The lowest BCUT2D eigenvalue weighted by Gasteiger charge is -2.14. The van der Waals surface area contributed by atoms with E-state index in [1.54, 1.807) is 12.1 Å². The van der Waals surface area contributed by atoms with Crippen molar-refractivity contribution in [1.29, 1.82) is 0 Å². The van der Waals surface area contributed by atoms with Gasteiger partial charge in [0.25, 0.3) is 0 Å². The second-order valence-corrected chi connectivity index (χ2v) is 4.46. The summed E-state index contributed by atoms with van der Waals surface area (Å²) in [7, 11) is 0. The normalized spacial score (nSPS) is 11.5. The first-order chi connectivity index (χ1) is 8.41. The number of carboxylic acids is 1. The van der Waals surface area contributed by atoms with Crippen molar-refractivity contribution in [2.75, 3.05) is 0 Å². The summed E-state index contributed by atoms with van der Waals surface area (Å²) < 4.78 is 14.4.